The van der Waals surface area contributed by atoms with Gasteiger partial charge in [0.2, 0.25) is 11.8 Å². The van der Waals surface area contributed by atoms with E-state index in [0.29, 0.717) is 19.4 Å². The van der Waals surface area contributed by atoms with Crippen LogP contribution >= 0.6 is 0 Å². The van der Waals surface area contributed by atoms with Gasteiger partial charge in [0.15, 0.2) is 5.96 Å². The number of para-hydroxylation sites is 1. The van der Waals surface area contributed by atoms with Gasteiger partial charge in [-0.1, -0.05) is 32.0 Å². The molecular weight excluding hydrogens is 438 g/mol. The van der Waals surface area contributed by atoms with Gasteiger partial charge >= 0.3 is 5.97 Å². The Kier molecular flexibility index (Phi) is 9.87. The summed E-state index contributed by atoms with van der Waals surface area (Å²) in [7, 11) is 0. The number of hydrogen-bond acceptors (Lipinski definition) is 5. The molecule has 0 aliphatic carbocycles. The Morgan fingerprint density at radius 2 is 1.76 bits per heavy atom. The molecule has 1 aromatic carbocycles. The maximum Gasteiger partial charge on any atom is 0.326 e. The van der Waals surface area contributed by atoms with Crippen LogP contribution in [0, 0.1) is 5.92 Å². The van der Waals surface area contributed by atoms with Crippen molar-refractivity contribution in [3.05, 3.63) is 36.0 Å². The van der Waals surface area contributed by atoms with E-state index in [9.17, 15) is 19.5 Å². The lowest BCUT2D eigenvalue weighted by atomic mass is 10.0. The molecule has 1 aromatic heterocycles. The Labute approximate surface area is 198 Å². The molecular formula is C23H35N7O4. The van der Waals surface area contributed by atoms with Crippen LogP contribution in [0.2, 0.25) is 0 Å². The first kappa shape index (κ1) is 26.7. The summed E-state index contributed by atoms with van der Waals surface area (Å²) in [6.45, 7) is 4.07. The third-order valence-electron chi connectivity index (χ3n) is 5.36. The Balaban J connectivity index is 2.17. The number of aromatic nitrogens is 1. The summed E-state index contributed by atoms with van der Waals surface area (Å²) in [6, 6.07) is 4.63. The second-order valence-electron chi connectivity index (χ2n) is 8.71. The molecule has 0 saturated heterocycles. The molecule has 34 heavy (non-hydrogen) atoms. The Morgan fingerprint density at radius 3 is 2.41 bits per heavy atom. The van der Waals surface area contributed by atoms with E-state index >= 15 is 0 Å². The second kappa shape index (κ2) is 12.6. The van der Waals surface area contributed by atoms with E-state index in [1.807, 2.05) is 38.1 Å². The number of carboxylic acid groups (broad SMARTS) is 1. The zero-order valence-electron chi connectivity index (χ0n) is 19.6. The number of benzene rings is 1. The van der Waals surface area contributed by atoms with Gasteiger partial charge in [0.1, 0.15) is 12.1 Å². The topological polar surface area (TPSA) is 202 Å². The quantitative estimate of drug-likeness (QED) is 0.122. The highest BCUT2D eigenvalue weighted by Gasteiger charge is 2.29. The molecule has 2 aromatic rings. The molecule has 3 unspecified atom stereocenters. The van der Waals surface area contributed by atoms with E-state index < -0.39 is 35.9 Å². The molecule has 0 radical (unpaired) electrons. The second-order valence-corrected chi connectivity index (χ2v) is 8.71. The number of nitrogens with one attached hydrogen (secondary N) is 3. The van der Waals surface area contributed by atoms with Crippen LogP contribution in [0.3, 0.4) is 0 Å². The van der Waals surface area contributed by atoms with Gasteiger partial charge in [-0.3, -0.25) is 14.6 Å². The van der Waals surface area contributed by atoms with Gasteiger partial charge < -0.3 is 37.9 Å². The van der Waals surface area contributed by atoms with Crippen molar-refractivity contribution >= 4 is 34.6 Å². The molecule has 2 amide bonds. The van der Waals surface area contributed by atoms with Crippen molar-refractivity contribution < 1.29 is 19.5 Å². The molecule has 0 spiro atoms. The molecule has 10 N–H and O–H groups in total. The number of aromatic amines is 1. The van der Waals surface area contributed by atoms with Gasteiger partial charge in [-0.15, -0.1) is 0 Å². The van der Waals surface area contributed by atoms with Crippen LogP contribution in [0.15, 0.2) is 35.5 Å². The molecule has 0 saturated carbocycles. The molecule has 0 fully saturated rings. The van der Waals surface area contributed by atoms with E-state index in [1.165, 1.54) is 0 Å². The highest BCUT2D eigenvalue weighted by molar-refractivity contribution is 5.93. The van der Waals surface area contributed by atoms with Crippen molar-refractivity contribution in [3.8, 4) is 0 Å². The van der Waals surface area contributed by atoms with Gasteiger partial charge in [0, 0.05) is 30.1 Å². The largest absolute Gasteiger partial charge is 0.480 e. The Hall–Kier alpha value is -3.60. The number of guanidine groups is 1. The third kappa shape index (κ3) is 8.07. The molecule has 11 nitrogen and oxygen atoms in total. The number of rotatable bonds is 13. The number of fused-ring (bicyclic) bond motifs is 1. The lowest BCUT2D eigenvalue weighted by Crippen LogP contribution is -2.55. The lowest BCUT2D eigenvalue weighted by Gasteiger charge is -2.23. The Morgan fingerprint density at radius 1 is 1.09 bits per heavy atom. The predicted molar refractivity (Wildman–Crippen MR) is 131 cm³/mol. The van der Waals surface area contributed by atoms with E-state index in [0.717, 1.165) is 16.5 Å². The summed E-state index contributed by atoms with van der Waals surface area (Å²) in [6.07, 6.45) is 3.00. The number of nitrogens with zero attached hydrogens (tertiary/aromatic N) is 1. The maximum absolute atomic E-state index is 13.1. The fourth-order valence-electron chi connectivity index (χ4n) is 3.62. The summed E-state index contributed by atoms with van der Waals surface area (Å²) in [4.78, 5) is 44.5. The monoisotopic (exact) mass is 473 g/mol. The number of carboxylic acids is 1. The third-order valence-corrected chi connectivity index (χ3v) is 5.36. The highest BCUT2D eigenvalue weighted by atomic mass is 16.4. The number of amides is 2. The van der Waals surface area contributed by atoms with Crippen molar-refractivity contribution in [1.29, 1.82) is 0 Å². The summed E-state index contributed by atoms with van der Waals surface area (Å²) < 4.78 is 0. The van der Waals surface area contributed by atoms with E-state index in [2.05, 4.69) is 20.6 Å². The number of carbonyl (C=O) groups excluding carboxylic acids is 2. The summed E-state index contributed by atoms with van der Waals surface area (Å²) in [5.74, 6) is -2.21. The average molecular weight is 474 g/mol. The van der Waals surface area contributed by atoms with Crippen molar-refractivity contribution in [2.75, 3.05) is 6.54 Å². The molecule has 11 heteroatoms. The SMILES string of the molecule is CC(C)CC(NC(=O)C(Cc1c[nH]c2ccccc12)NC(=O)C(N)CCCN=C(N)N)C(=O)O. The van der Waals surface area contributed by atoms with Crippen LogP contribution in [0.4, 0.5) is 0 Å². The standard InChI is InChI=1S/C23H35N7O4/c1-13(2)10-19(22(33)34)30-21(32)18(11-14-12-28-17-8-4-3-6-15(14)17)29-20(31)16(24)7-5-9-27-23(25)26/h3-4,6,8,12-13,16,18-19,28H,5,7,9-11,24H2,1-2H3,(H,29,31)(H,30,32)(H,33,34)(H4,25,26,27). The zero-order chi connectivity index (χ0) is 25.3. The van der Waals surface area contributed by atoms with Crippen molar-refractivity contribution in [3.63, 3.8) is 0 Å². The number of aliphatic carboxylic acids is 1. The molecule has 0 aliphatic rings. The maximum atomic E-state index is 13.1. The smallest absolute Gasteiger partial charge is 0.326 e. The van der Waals surface area contributed by atoms with Crippen LogP contribution in [-0.2, 0) is 20.8 Å². The van der Waals surface area contributed by atoms with Crippen molar-refractivity contribution in [2.45, 2.75) is 57.7 Å². The number of aliphatic imine (C=N–C) groups is 1. The van der Waals surface area contributed by atoms with Gasteiger partial charge in [-0.05, 0) is 36.8 Å². The number of H-pyrrole nitrogens is 1. The molecule has 186 valence electrons. The van der Waals surface area contributed by atoms with E-state index in [1.54, 1.807) is 6.20 Å². The van der Waals surface area contributed by atoms with Crippen molar-refractivity contribution in [1.82, 2.24) is 15.6 Å². The van der Waals surface area contributed by atoms with Gasteiger partial charge in [0.05, 0.1) is 6.04 Å². The molecule has 2 rings (SSSR count). The summed E-state index contributed by atoms with van der Waals surface area (Å²) >= 11 is 0. The van der Waals surface area contributed by atoms with Crippen LogP contribution in [0.1, 0.15) is 38.7 Å². The van der Waals surface area contributed by atoms with Crippen LogP contribution in [0.25, 0.3) is 10.9 Å². The van der Waals surface area contributed by atoms with Gasteiger partial charge in [-0.2, -0.15) is 0 Å². The first-order chi connectivity index (χ1) is 16.1. The lowest BCUT2D eigenvalue weighted by molar-refractivity contribution is -0.142. The highest BCUT2D eigenvalue weighted by Crippen LogP contribution is 2.19. The van der Waals surface area contributed by atoms with Crippen LogP contribution < -0.4 is 27.8 Å². The minimum atomic E-state index is -1.13. The normalized spacial score (nSPS) is 13.8. The number of hydrogen-bond donors (Lipinski definition) is 7. The number of carbonyl (C=O) groups is 3. The molecule has 0 aliphatic heterocycles. The first-order valence-corrected chi connectivity index (χ1v) is 11.3. The summed E-state index contributed by atoms with van der Waals surface area (Å²) in [5.41, 5.74) is 18.3. The zero-order valence-corrected chi connectivity index (χ0v) is 19.6. The average Bonchev–Trinajstić information content (AvgIpc) is 3.17. The minimum Gasteiger partial charge on any atom is -0.480 e. The van der Waals surface area contributed by atoms with Crippen LogP contribution in [-0.4, -0.2) is 58.5 Å². The number of nitrogens with two attached hydrogens (primary N) is 3. The van der Waals surface area contributed by atoms with Crippen LogP contribution in [0.5, 0.6) is 0 Å². The van der Waals surface area contributed by atoms with E-state index in [-0.39, 0.29) is 24.7 Å². The van der Waals surface area contributed by atoms with Crippen molar-refractivity contribution in [2.24, 2.45) is 28.1 Å². The first-order valence-electron chi connectivity index (χ1n) is 11.3. The fraction of sp³-hybridized carbons (Fsp3) is 0.478. The molecule has 3 atom stereocenters. The van der Waals surface area contributed by atoms with Gasteiger partial charge in [0.25, 0.3) is 0 Å². The molecule has 0 bridgehead atoms. The molecule has 1 heterocycles. The summed E-state index contributed by atoms with van der Waals surface area (Å²) in [5, 5.41) is 15.7. The minimum absolute atomic E-state index is 0.0390. The fourth-order valence-corrected chi connectivity index (χ4v) is 3.62. The van der Waals surface area contributed by atoms with E-state index in [4.69, 9.17) is 17.2 Å². The van der Waals surface area contributed by atoms with Gasteiger partial charge in [-0.25, -0.2) is 4.79 Å². The predicted octanol–water partition coefficient (Wildman–Crippen LogP) is 0.192. The Bertz CT molecular complexity index is 1010.